The minimum absolute atomic E-state index is 0.0214. The van der Waals surface area contributed by atoms with Gasteiger partial charge >= 0.3 is 10.2 Å². The maximum Gasteiger partial charge on any atom is 0.303 e. The van der Waals surface area contributed by atoms with Gasteiger partial charge in [0.25, 0.3) is 5.91 Å². The highest BCUT2D eigenvalue weighted by Crippen LogP contribution is 2.42. The Morgan fingerprint density at radius 2 is 2.03 bits per heavy atom. The molecule has 1 unspecified atom stereocenters. The van der Waals surface area contributed by atoms with Crippen molar-refractivity contribution in [1.29, 1.82) is 0 Å². The van der Waals surface area contributed by atoms with Crippen LogP contribution in [0.15, 0.2) is 36.7 Å². The largest absolute Gasteiger partial charge is 0.493 e. The molecule has 0 saturated carbocycles. The van der Waals surface area contributed by atoms with E-state index in [1.54, 1.807) is 6.92 Å². The minimum Gasteiger partial charge on any atom is -0.493 e. The van der Waals surface area contributed by atoms with E-state index in [-0.39, 0.29) is 36.3 Å². The molecule has 0 radical (unpaired) electrons. The molecule has 1 saturated heterocycles. The van der Waals surface area contributed by atoms with Crippen LogP contribution in [0, 0.1) is 11.6 Å². The first kappa shape index (κ1) is 27.7. The normalized spacial score (nSPS) is 17.9. The zero-order valence-corrected chi connectivity index (χ0v) is 22.1. The lowest BCUT2D eigenvalue weighted by molar-refractivity contribution is 0.0980. The molecule has 1 aromatic carbocycles. The number of halogens is 3. The summed E-state index contributed by atoms with van der Waals surface area (Å²) in [5.41, 5.74) is -0.219. The molecule has 0 spiro atoms. The highest BCUT2D eigenvalue weighted by Gasteiger charge is 2.37. The Morgan fingerprint density at radius 3 is 2.74 bits per heavy atom. The Morgan fingerprint density at radius 1 is 1.26 bits per heavy atom. The van der Waals surface area contributed by atoms with Gasteiger partial charge in [0.15, 0.2) is 5.82 Å². The minimum atomic E-state index is -4.15. The lowest BCUT2D eigenvalue weighted by Gasteiger charge is -2.28. The molecule has 13 heteroatoms. The maximum atomic E-state index is 16.0. The first-order valence-electron chi connectivity index (χ1n) is 12.3. The summed E-state index contributed by atoms with van der Waals surface area (Å²) in [6, 6.07) is 4.65. The molecule has 2 atom stereocenters. The second-order valence-corrected chi connectivity index (χ2v) is 10.9. The summed E-state index contributed by atoms with van der Waals surface area (Å²) in [6.07, 6.45) is 2.77. The van der Waals surface area contributed by atoms with Crippen LogP contribution < -0.4 is 14.4 Å². The molecule has 3 aromatic rings. The van der Waals surface area contributed by atoms with Crippen molar-refractivity contribution in [3.8, 4) is 5.75 Å². The lowest BCUT2D eigenvalue weighted by atomic mass is 10.0. The Labute approximate surface area is 219 Å². The van der Waals surface area contributed by atoms with Crippen LogP contribution in [0.5, 0.6) is 5.75 Å². The van der Waals surface area contributed by atoms with E-state index in [0.29, 0.717) is 17.9 Å². The van der Waals surface area contributed by atoms with Gasteiger partial charge in [0.2, 0.25) is 0 Å². The monoisotopic (exact) mass is 553 g/mol. The fourth-order valence-corrected chi connectivity index (χ4v) is 5.26. The highest BCUT2D eigenvalue weighted by atomic mass is 32.2. The summed E-state index contributed by atoms with van der Waals surface area (Å²) in [4.78, 5) is 14.3. The summed E-state index contributed by atoms with van der Waals surface area (Å²) in [5, 5.41) is 3.97. The number of hydrogen-bond acceptors (Lipinski definition) is 6. The molecular formula is C25H30F3N5O4S. The quantitative estimate of drug-likeness (QED) is 0.381. The molecule has 1 aliphatic heterocycles. The molecule has 3 heterocycles. The van der Waals surface area contributed by atoms with Gasteiger partial charge in [0, 0.05) is 38.3 Å². The van der Waals surface area contributed by atoms with Crippen molar-refractivity contribution in [1.82, 2.24) is 18.6 Å². The molecule has 0 aliphatic carbocycles. The Balaban J connectivity index is 1.74. The number of alkyl halides is 1. The van der Waals surface area contributed by atoms with E-state index >= 15 is 4.39 Å². The van der Waals surface area contributed by atoms with Crippen molar-refractivity contribution in [3.63, 3.8) is 0 Å². The van der Waals surface area contributed by atoms with Crippen LogP contribution in [-0.2, 0) is 10.2 Å². The maximum absolute atomic E-state index is 16.0. The van der Waals surface area contributed by atoms with Crippen molar-refractivity contribution < 1.29 is 31.1 Å². The second kappa shape index (κ2) is 11.2. The molecule has 38 heavy (non-hydrogen) atoms. The number of hydrogen-bond donors (Lipinski definition) is 1. The smallest absolute Gasteiger partial charge is 0.303 e. The number of unbranched alkanes of at least 4 members (excludes halogenated alkanes) is 1. The van der Waals surface area contributed by atoms with Gasteiger partial charge in [-0.1, -0.05) is 20.3 Å². The van der Waals surface area contributed by atoms with Crippen molar-refractivity contribution in [2.75, 3.05) is 31.6 Å². The summed E-state index contributed by atoms with van der Waals surface area (Å²) in [6.45, 7) is 3.93. The summed E-state index contributed by atoms with van der Waals surface area (Å²) in [7, 11) is -2.86. The van der Waals surface area contributed by atoms with Crippen LogP contribution in [-0.4, -0.2) is 61.2 Å². The van der Waals surface area contributed by atoms with Crippen LogP contribution in [0.4, 0.5) is 18.9 Å². The zero-order valence-electron chi connectivity index (χ0n) is 21.3. The van der Waals surface area contributed by atoms with Crippen LogP contribution in [0.25, 0.3) is 5.52 Å². The van der Waals surface area contributed by atoms with Gasteiger partial charge in [0.05, 0.1) is 30.1 Å². The van der Waals surface area contributed by atoms with Crippen molar-refractivity contribution in [2.45, 2.75) is 45.3 Å². The number of amides is 1. The van der Waals surface area contributed by atoms with E-state index in [1.165, 1.54) is 42.4 Å². The van der Waals surface area contributed by atoms with Crippen LogP contribution >= 0.6 is 0 Å². The van der Waals surface area contributed by atoms with Crippen molar-refractivity contribution in [2.24, 2.45) is 0 Å². The number of benzene rings is 1. The van der Waals surface area contributed by atoms with E-state index < -0.39 is 40.0 Å². The van der Waals surface area contributed by atoms with Crippen molar-refractivity contribution >= 4 is 27.3 Å². The highest BCUT2D eigenvalue weighted by molar-refractivity contribution is 7.87. The predicted octanol–water partition coefficient (Wildman–Crippen LogP) is 4.01. The number of fused-ring (bicyclic) bond motifs is 1. The standard InChI is InChI=1S/C25H30F3N5O4S/c1-4-6-11-37-22-8-7-16(26)12-18(22)21-13-17(27)15-32(21)20-9-10-33-24(23(20)28)19(14-29-33)25(34)30-38(35,36)31(3)5-2/h7-10,12,14,17,21H,4-6,11,13,15H2,1-3H3,(H,30,34)/t17?,21-/m1/s1. The van der Waals surface area contributed by atoms with Crippen LogP contribution in [0.2, 0.25) is 0 Å². The molecule has 1 fully saturated rings. The third-order valence-electron chi connectivity index (χ3n) is 6.57. The zero-order chi connectivity index (χ0) is 27.6. The Hall–Kier alpha value is -3.32. The van der Waals surface area contributed by atoms with Gasteiger partial charge in [-0.05, 0) is 30.7 Å². The van der Waals surface area contributed by atoms with Crippen molar-refractivity contribution in [3.05, 3.63) is 59.4 Å². The number of carbonyl (C=O) groups is 1. The second-order valence-electron chi connectivity index (χ2n) is 9.10. The summed E-state index contributed by atoms with van der Waals surface area (Å²) in [5.74, 6) is -2.09. The number of pyridine rings is 1. The fourth-order valence-electron chi connectivity index (χ4n) is 4.42. The first-order chi connectivity index (χ1) is 18.1. The number of nitrogens with one attached hydrogen (secondary N) is 1. The number of nitrogens with zero attached hydrogens (tertiary/aromatic N) is 4. The van der Waals surface area contributed by atoms with Gasteiger partial charge in [-0.2, -0.15) is 17.8 Å². The SMILES string of the molecule is CCCCOc1ccc(F)cc1[C@H]1CC(F)CN1c1ccn2ncc(C(=O)NS(=O)(=O)N(C)CC)c2c1F. The van der Waals surface area contributed by atoms with E-state index in [1.807, 2.05) is 11.6 Å². The van der Waals surface area contributed by atoms with E-state index in [4.69, 9.17) is 4.74 Å². The molecule has 1 aliphatic rings. The van der Waals surface area contributed by atoms with Crippen LogP contribution in [0.3, 0.4) is 0 Å². The Bertz CT molecular complexity index is 1430. The van der Waals surface area contributed by atoms with Gasteiger partial charge in [-0.3, -0.25) is 4.79 Å². The van der Waals surface area contributed by atoms with Gasteiger partial charge in [0.1, 0.15) is 23.3 Å². The number of rotatable bonds is 10. The third-order valence-corrected chi connectivity index (χ3v) is 8.09. The fraction of sp³-hybridized carbons (Fsp3) is 0.440. The number of aromatic nitrogens is 2. The molecular weight excluding hydrogens is 523 g/mol. The topological polar surface area (TPSA) is 96.2 Å². The van der Waals surface area contributed by atoms with E-state index in [9.17, 15) is 22.0 Å². The van der Waals surface area contributed by atoms with Gasteiger partial charge in [-0.25, -0.2) is 22.4 Å². The molecule has 1 N–H and O–H groups in total. The average Bonchev–Trinajstić information content (AvgIpc) is 3.48. The third kappa shape index (κ3) is 5.44. The number of anilines is 1. The lowest BCUT2D eigenvalue weighted by Crippen LogP contribution is -2.41. The molecule has 1 amide bonds. The van der Waals surface area contributed by atoms with Crippen LogP contribution in [0.1, 0.15) is 55.1 Å². The summed E-state index contributed by atoms with van der Waals surface area (Å²) >= 11 is 0. The average molecular weight is 554 g/mol. The first-order valence-corrected chi connectivity index (χ1v) is 13.8. The molecule has 4 rings (SSSR count). The number of ether oxygens (including phenoxy) is 1. The Kier molecular flexibility index (Phi) is 8.16. The molecule has 206 valence electrons. The number of carbonyl (C=O) groups excluding carboxylic acids is 1. The molecule has 0 bridgehead atoms. The van der Waals surface area contributed by atoms with E-state index in [0.717, 1.165) is 27.9 Å². The predicted molar refractivity (Wildman–Crippen MR) is 136 cm³/mol. The summed E-state index contributed by atoms with van der Waals surface area (Å²) < 4.78 is 79.5. The van der Waals surface area contributed by atoms with Gasteiger partial charge < -0.3 is 9.64 Å². The van der Waals surface area contributed by atoms with E-state index in [2.05, 4.69) is 5.10 Å². The molecule has 9 nitrogen and oxygen atoms in total. The van der Waals surface area contributed by atoms with Gasteiger partial charge in [-0.15, -0.1) is 0 Å². The molecule has 2 aromatic heterocycles.